The van der Waals surface area contributed by atoms with Crippen LogP contribution in [-0.4, -0.2) is 35.9 Å². The van der Waals surface area contributed by atoms with Crippen molar-refractivity contribution in [1.29, 1.82) is 0 Å². The van der Waals surface area contributed by atoms with Crippen LogP contribution in [0.15, 0.2) is 42.7 Å². The van der Waals surface area contributed by atoms with Gasteiger partial charge in [-0.15, -0.1) is 0 Å². The van der Waals surface area contributed by atoms with E-state index in [0.29, 0.717) is 35.2 Å². The number of rotatable bonds is 7. The summed E-state index contributed by atoms with van der Waals surface area (Å²) in [6, 6.07) is 9.23. The van der Waals surface area contributed by atoms with Crippen molar-refractivity contribution < 1.29 is 4.79 Å². The zero-order valence-corrected chi connectivity index (χ0v) is 14.4. The van der Waals surface area contributed by atoms with Crippen molar-refractivity contribution in [3.63, 3.8) is 0 Å². The summed E-state index contributed by atoms with van der Waals surface area (Å²) in [6.07, 6.45) is 4.71. The first kappa shape index (κ1) is 17.6. The number of benzene rings is 1. The van der Waals surface area contributed by atoms with Crippen LogP contribution < -0.4 is 5.32 Å². The van der Waals surface area contributed by atoms with Gasteiger partial charge in [0.1, 0.15) is 0 Å². The second kappa shape index (κ2) is 8.75. The zero-order chi connectivity index (χ0) is 16.7. The third kappa shape index (κ3) is 5.41. The van der Waals surface area contributed by atoms with Gasteiger partial charge < -0.3 is 10.2 Å². The smallest absolute Gasteiger partial charge is 0.224 e. The molecule has 1 N–H and O–H groups in total. The number of carbonyl (C=O) groups excluding carboxylic acids is 1. The summed E-state index contributed by atoms with van der Waals surface area (Å²) in [6.45, 7) is 1.16. The SMILES string of the molecule is CN(CCc1ccncc1)C(=O)CCNc1c(Cl)cccc1Cl. The Bertz CT molecular complexity index is 629. The number of para-hydroxylation sites is 1. The Labute approximate surface area is 146 Å². The van der Waals surface area contributed by atoms with Gasteiger partial charge in [0, 0.05) is 39.0 Å². The highest BCUT2D eigenvalue weighted by molar-refractivity contribution is 6.39. The van der Waals surface area contributed by atoms with Crippen molar-refractivity contribution in [3.05, 3.63) is 58.3 Å². The molecule has 1 aromatic carbocycles. The van der Waals surface area contributed by atoms with Crippen molar-refractivity contribution in [2.75, 3.05) is 25.5 Å². The third-order valence-corrected chi connectivity index (χ3v) is 4.14. The molecular weight excluding hydrogens is 333 g/mol. The van der Waals surface area contributed by atoms with E-state index in [1.165, 1.54) is 5.56 Å². The number of aromatic nitrogens is 1. The Morgan fingerprint density at radius 3 is 2.48 bits per heavy atom. The van der Waals surface area contributed by atoms with Crippen molar-refractivity contribution >= 4 is 34.8 Å². The van der Waals surface area contributed by atoms with Crippen LogP contribution in [0.3, 0.4) is 0 Å². The molecule has 1 aromatic heterocycles. The Morgan fingerprint density at radius 2 is 1.83 bits per heavy atom. The van der Waals surface area contributed by atoms with Crippen molar-refractivity contribution in [2.45, 2.75) is 12.8 Å². The monoisotopic (exact) mass is 351 g/mol. The van der Waals surface area contributed by atoms with E-state index in [1.54, 1.807) is 35.5 Å². The van der Waals surface area contributed by atoms with Gasteiger partial charge in [-0.2, -0.15) is 0 Å². The molecular formula is C17H19Cl2N3O. The van der Waals surface area contributed by atoms with E-state index < -0.39 is 0 Å². The lowest BCUT2D eigenvalue weighted by molar-refractivity contribution is -0.129. The molecule has 0 atom stereocenters. The lowest BCUT2D eigenvalue weighted by atomic mass is 10.2. The van der Waals surface area contributed by atoms with Gasteiger partial charge in [0.2, 0.25) is 5.91 Å². The summed E-state index contributed by atoms with van der Waals surface area (Å²) < 4.78 is 0. The lowest BCUT2D eigenvalue weighted by Gasteiger charge is -2.18. The number of pyridine rings is 1. The number of likely N-dealkylation sites (N-methyl/N-ethyl adjacent to an activating group) is 1. The van der Waals surface area contributed by atoms with Gasteiger partial charge in [0.15, 0.2) is 0 Å². The second-order valence-corrected chi connectivity index (χ2v) is 6.01. The lowest BCUT2D eigenvalue weighted by Crippen LogP contribution is -2.30. The van der Waals surface area contributed by atoms with E-state index in [-0.39, 0.29) is 5.91 Å². The van der Waals surface area contributed by atoms with Crippen LogP contribution in [0.4, 0.5) is 5.69 Å². The number of hydrogen-bond donors (Lipinski definition) is 1. The Balaban J connectivity index is 1.76. The summed E-state index contributed by atoms with van der Waals surface area (Å²) in [7, 11) is 1.81. The molecule has 0 radical (unpaired) electrons. The molecule has 0 saturated carbocycles. The van der Waals surface area contributed by atoms with E-state index >= 15 is 0 Å². The van der Waals surface area contributed by atoms with E-state index in [2.05, 4.69) is 10.3 Å². The molecule has 23 heavy (non-hydrogen) atoms. The van der Waals surface area contributed by atoms with Crippen LogP contribution in [0.2, 0.25) is 10.0 Å². The van der Waals surface area contributed by atoms with Gasteiger partial charge in [-0.3, -0.25) is 9.78 Å². The van der Waals surface area contributed by atoms with Crippen LogP contribution in [0, 0.1) is 0 Å². The minimum atomic E-state index is 0.0785. The van der Waals surface area contributed by atoms with Crippen LogP contribution >= 0.6 is 23.2 Å². The predicted octanol–water partition coefficient (Wildman–Crippen LogP) is 3.89. The standard InChI is InChI=1S/C17H19Cl2N3O/c1-22(12-8-13-5-9-20-10-6-13)16(23)7-11-21-17-14(18)3-2-4-15(17)19/h2-6,9-10,21H,7-8,11-12H2,1H3. The van der Waals surface area contributed by atoms with Crippen molar-refractivity contribution in [2.24, 2.45) is 0 Å². The molecule has 122 valence electrons. The largest absolute Gasteiger partial charge is 0.382 e. The Morgan fingerprint density at radius 1 is 1.17 bits per heavy atom. The fourth-order valence-corrected chi connectivity index (χ4v) is 2.65. The quantitative estimate of drug-likeness (QED) is 0.822. The summed E-state index contributed by atoms with van der Waals surface area (Å²) in [5.74, 6) is 0.0785. The Hall–Kier alpha value is -1.78. The molecule has 1 amide bonds. The van der Waals surface area contributed by atoms with E-state index in [4.69, 9.17) is 23.2 Å². The molecule has 0 aliphatic rings. The summed E-state index contributed by atoms with van der Waals surface area (Å²) in [5, 5.41) is 4.22. The van der Waals surface area contributed by atoms with Gasteiger partial charge in [0.05, 0.1) is 15.7 Å². The van der Waals surface area contributed by atoms with E-state index in [0.717, 1.165) is 6.42 Å². The molecule has 0 aliphatic carbocycles. The highest BCUT2D eigenvalue weighted by Crippen LogP contribution is 2.29. The summed E-state index contributed by atoms with van der Waals surface area (Å²) >= 11 is 12.2. The van der Waals surface area contributed by atoms with E-state index in [9.17, 15) is 4.79 Å². The molecule has 0 fully saturated rings. The van der Waals surface area contributed by atoms with Crippen LogP contribution in [0.1, 0.15) is 12.0 Å². The van der Waals surface area contributed by atoms with Gasteiger partial charge in [-0.05, 0) is 36.2 Å². The second-order valence-electron chi connectivity index (χ2n) is 5.19. The summed E-state index contributed by atoms with van der Waals surface area (Å²) in [4.78, 5) is 17.8. The molecule has 0 aliphatic heterocycles. The minimum Gasteiger partial charge on any atom is -0.382 e. The number of nitrogens with zero attached hydrogens (tertiary/aromatic N) is 2. The van der Waals surface area contributed by atoms with Crippen molar-refractivity contribution in [1.82, 2.24) is 9.88 Å². The van der Waals surface area contributed by atoms with Gasteiger partial charge in [0.25, 0.3) is 0 Å². The van der Waals surface area contributed by atoms with Gasteiger partial charge in [-0.1, -0.05) is 29.3 Å². The maximum absolute atomic E-state index is 12.1. The van der Waals surface area contributed by atoms with Crippen LogP contribution in [0.25, 0.3) is 0 Å². The number of anilines is 1. The fourth-order valence-electron chi connectivity index (χ4n) is 2.12. The first-order valence-corrected chi connectivity index (χ1v) is 8.14. The van der Waals surface area contributed by atoms with Gasteiger partial charge >= 0.3 is 0 Å². The molecule has 2 aromatic rings. The number of hydrogen-bond acceptors (Lipinski definition) is 3. The molecule has 1 heterocycles. The van der Waals surface area contributed by atoms with Crippen molar-refractivity contribution in [3.8, 4) is 0 Å². The zero-order valence-electron chi connectivity index (χ0n) is 12.9. The summed E-state index contributed by atoms with van der Waals surface area (Å²) in [5.41, 5.74) is 1.84. The topological polar surface area (TPSA) is 45.2 Å². The first-order valence-electron chi connectivity index (χ1n) is 7.38. The van der Waals surface area contributed by atoms with E-state index in [1.807, 2.05) is 19.2 Å². The molecule has 4 nitrogen and oxygen atoms in total. The maximum atomic E-state index is 12.1. The maximum Gasteiger partial charge on any atom is 0.224 e. The molecule has 0 unspecified atom stereocenters. The van der Waals surface area contributed by atoms with Crippen LogP contribution in [-0.2, 0) is 11.2 Å². The average Bonchev–Trinajstić information content (AvgIpc) is 2.56. The molecule has 0 saturated heterocycles. The molecule has 0 bridgehead atoms. The molecule has 2 rings (SSSR count). The third-order valence-electron chi connectivity index (χ3n) is 3.51. The predicted molar refractivity (Wildman–Crippen MR) is 95.1 cm³/mol. The number of carbonyl (C=O) groups is 1. The number of halogens is 2. The molecule has 0 spiro atoms. The highest BCUT2D eigenvalue weighted by atomic mass is 35.5. The fraction of sp³-hybridized carbons (Fsp3) is 0.294. The Kier molecular flexibility index (Phi) is 6.68. The first-order chi connectivity index (χ1) is 11.1. The number of nitrogens with one attached hydrogen (secondary N) is 1. The normalized spacial score (nSPS) is 10.4. The number of amides is 1. The van der Waals surface area contributed by atoms with Crippen LogP contribution in [0.5, 0.6) is 0 Å². The van der Waals surface area contributed by atoms with Gasteiger partial charge in [-0.25, -0.2) is 0 Å². The molecule has 6 heteroatoms. The minimum absolute atomic E-state index is 0.0785. The highest BCUT2D eigenvalue weighted by Gasteiger charge is 2.10. The average molecular weight is 352 g/mol.